The summed E-state index contributed by atoms with van der Waals surface area (Å²) in [7, 11) is 0. The van der Waals surface area contributed by atoms with Gasteiger partial charge in [-0.1, -0.05) is 58.3 Å². The third-order valence-corrected chi connectivity index (χ3v) is 4.16. The first-order valence-electron chi connectivity index (χ1n) is 9.39. The molecular formula is C19H36O4. The third-order valence-electron chi connectivity index (χ3n) is 4.16. The molecule has 0 aromatic carbocycles. The van der Waals surface area contributed by atoms with Gasteiger partial charge in [-0.3, -0.25) is 9.59 Å². The fraction of sp³-hybridized carbons (Fsp3) is 0.895. The molecule has 0 fully saturated rings. The van der Waals surface area contributed by atoms with Crippen molar-refractivity contribution < 1.29 is 19.1 Å². The van der Waals surface area contributed by atoms with Crippen LogP contribution in [0.15, 0.2) is 0 Å². The molecular weight excluding hydrogens is 292 g/mol. The van der Waals surface area contributed by atoms with Crippen LogP contribution >= 0.6 is 0 Å². The van der Waals surface area contributed by atoms with Crippen molar-refractivity contribution in [2.75, 3.05) is 6.61 Å². The van der Waals surface area contributed by atoms with Gasteiger partial charge in [0, 0.05) is 6.42 Å². The highest BCUT2D eigenvalue weighted by Gasteiger charge is 2.24. The van der Waals surface area contributed by atoms with Crippen LogP contribution in [0.4, 0.5) is 0 Å². The second kappa shape index (κ2) is 14.5. The van der Waals surface area contributed by atoms with Gasteiger partial charge in [0.15, 0.2) is 0 Å². The summed E-state index contributed by atoms with van der Waals surface area (Å²) in [6, 6.07) is 0. The van der Waals surface area contributed by atoms with Crippen LogP contribution in [0, 0.1) is 5.92 Å². The summed E-state index contributed by atoms with van der Waals surface area (Å²) in [5.41, 5.74) is 0. The van der Waals surface area contributed by atoms with Gasteiger partial charge < -0.3 is 9.47 Å². The summed E-state index contributed by atoms with van der Waals surface area (Å²) in [4.78, 5) is 23.4. The van der Waals surface area contributed by atoms with Crippen LogP contribution in [0.3, 0.4) is 0 Å². The van der Waals surface area contributed by atoms with E-state index in [2.05, 4.69) is 6.92 Å². The quantitative estimate of drug-likeness (QED) is 0.331. The summed E-state index contributed by atoms with van der Waals surface area (Å²) in [6.07, 6.45) is 11.0. The third kappa shape index (κ3) is 12.1. The maximum Gasteiger partial charge on any atom is 0.312 e. The van der Waals surface area contributed by atoms with E-state index in [1.165, 1.54) is 44.9 Å². The predicted octanol–water partition coefficient (Wildman–Crippen LogP) is 5.04. The average Bonchev–Trinajstić information content (AvgIpc) is 2.52. The van der Waals surface area contributed by atoms with Crippen LogP contribution in [0.1, 0.15) is 91.9 Å². The minimum Gasteiger partial charge on any atom is -0.466 e. The lowest BCUT2D eigenvalue weighted by atomic mass is 10.1. The zero-order valence-corrected chi connectivity index (χ0v) is 15.6. The normalized spacial score (nSPS) is 13.4. The molecule has 0 aliphatic heterocycles. The first kappa shape index (κ1) is 21.9. The first-order chi connectivity index (χ1) is 11.0. The van der Waals surface area contributed by atoms with Gasteiger partial charge >= 0.3 is 11.9 Å². The van der Waals surface area contributed by atoms with Gasteiger partial charge in [-0.2, -0.15) is 0 Å². The Balaban J connectivity index is 3.61. The van der Waals surface area contributed by atoms with E-state index in [0.717, 1.165) is 12.8 Å². The number of hydrogen-bond donors (Lipinski definition) is 0. The highest BCUT2D eigenvalue weighted by atomic mass is 16.6. The van der Waals surface area contributed by atoms with Crippen molar-refractivity contribution in [2.45, 2.75) is 98.0 Å². The van der Waals surface area contributed by atoms with Crippen LogP contribution in [-0.2, 0) is 19.1 Å². The molecule has 0 aromatic heterocycles. The Hall–Kier alpha value is -1.06. The van der Waals surface area contributed by atoms with E-state index in [0.29, 0.717) is 13.0 Å². The van der Waals surface area contributed by atoms with Crippen LogP contribution in [0.5, 0.6) is 0 Å². The Labute approximate surface area is 142 Å². The molecule has 2 atom stereocenters. The molecule has 0 aliphatic carbocycles. The molecule has 1 unspecified atom stereocenters. The minimum atomic E-state index is -0.430. The van der Waals surface area contributed by atoms with Crippen molar-refractivity contribution >= 4 is 11.9 Å². The Morgan fingerprint density at radius 3 is 1.87 bits per heavy atom. The topological polar surface area (TPSA) is 52.6 Å². The minimum absolute atomic E-state index is 0.211. The zero-order valence-electron chi connectivity index (χ0n) is 15.6. The highest BCUT2D eigenvalue weighted by Crippen LogP contribution is 2.13. The van der Waals surface area contributed by atoms with Crippen LogP contribution in [0.25, 0.3) is 0 Å². The highest BCUT2D eigenvalue weighted by molar-refractivity contribution is 5.74. The monoisotopic (exact) mass is 328 g/mol. The number of hydrogen-bond acceptors (Lipinski definition) is 4. The first-order valence-corrected chi connectivity index (χ1v) is 9.39. The zero-order chi connectivity index (χ0) is 17.5. The molecule has 0 rings (SSSR count). The van der Waals surface area contributed by atoms with Gasteiger partial charge in [0.05, 0.1) is 12.5 Å². The van der Waals surface area contributed by atoms with Crippen molar-refractivity contribution in [2.24, 2.45) is 5.92 Å². The van der Waals surface area contributed by atoms with E-state index < -0.39 is 12.0 Å². The number of carbonyl (C=O) groups is 2. The molecule has 0 aliphatic rings. The van der Waals surface area contributed by atoms with Gasteiger partial charge in [0.2, 0.25) is 0 Å². The van der Waals surface area contributed by atoms with E-state index in [1.54, 1.807) is 20.8 Å². The largest absolute Gasteiger partial charge is 0.466 e. The molecule has 136 valence electrons. The second-order valence-electron chi connectivity index (χ2n) is 6.31. The fourth-order valence-electron chi connectivity index (χ4n) is 2.41. The van der Waals surface area contributed by atoms with Crippen LogP contribution < -0.4 is 0 Å². The van der Waals surface area contributed by atoms with Crippen molar-refractivity contribution in [1.82, 2.24) is 0 Å². The lowest BCUT2D eigenvalue weighted by Crippen LogP contribution is -2.29. The number of esters is 2. The van der Waals surface area contributed by atoms with Gasteiger partial charge in [0.1, 0.15) is 6.10 Å². The lowest BCUT2D eigenvalue weighted by Gasteiger charge is -2.18. The molecule has 0 radical (unpaired) electrons. The molecule has 0 N–H and O–H groups in total. The molecule has 23 heavy (non-hydrogen) atoms. The van der Waals surface area contributed by atoms with E-state index in [9.17, 15) is 9.59 Å². The van der Waals surface area contributed by atoms with Crippen molar-refractivity contribution in [3.05, 3.63) is 0 Å². The van der Waals surface area contributed by atoms with Crippen LogP contribution in [-0.4, -0.2) is 24.6 Å². The fourth-order valence-corrected chi connectivity index (χ4v) is 2.41. The number of unbranched alkanes of at least 4 members (excludes halogenated alkanes) is 8. The van der Waals surface area contributed by atoms with Crippen molar-refractivity contribution in [1.29, 1.82) is 0 Å². The van der Waals surface area contributed by atoms with E-state index in [-0.39, 0.29) is 11.9 Å². The molecule has 0 amide bonds. The number of ether oxygens (including phenoxy) is 2. The van der Waals surface area contributed by atoms with Gasteiger partial charge in [-0.25, -0.2) is 0 Å². The summed E-state index contributed by atoms with van der Waals surface area (Å²) < 4.78 is 10.2. The Kier molecular flexibility index (Phi) is 13.9. The Bertz CT molecular complexity index is 314. The van der Waals surface area contributed by atoms with Gasteiger partial charge in [0.25, 0.3) is 0 Å². The maximum atomic E-state index is 11.8. The summed E-state index contributed by atoms with van der Waals surface area (Å²) in [6.45, 7) is 7.82. The standard InChI is InChI=1S/C19H36O4/c1-5-7-8-9-10-11-12-13-14-15-18(20)23-17(4)16(3)19(21)22-6-2/h16-17H,5-15H2,1-4H3/t16?,17-/m1/s1. The summed E-state index contributed by atoms with van der Waals surface area (Å²) in [5.74, 6) is -0.936. The Morgan fingerprint density at radius 2 is 1.35 bits per heavy atom. The summed E-state index contributed by atoms with van der Waals surface area (Å²) >= 11 is 0. The smallest absolute Gasteiger partial charge is 0.312 e. The van der Waals surface area contributed by atoms with E-state index >= 15 is 0 Å². The van der Waals surface area contributed by atoms with Crippen LogP contribution in [0.2, 0.25) is 0 Å². The van der Waals surface area contributed by atoms with Crippen molar-refractivity contribution in [3.63, 3.8) is 0 Å². The molecule has 0 spiro atoms. The van der Waals surface area contributed by atoms with Gasteiger partial charge in [-0.05, 0) is 27.2 Å². The van der Waals surface area contributed by atoms with E-state index in [1.807, 2.05) is 0 Å². The molecule has 0 saturated heterocycles. The van der Waals surface area contributed by atoms with E-state index in [4.69, 9.17) is 9.47 Å². The number of carbonyl (C=O) groups excluding carboxylic acids is 2. The predicted molar refractivity (Wildman–Crippen MR) is 93.2 cm³/mol. The molecule has 0 saturated carbocycles. The second-order valence-corrected chi connectivity index (χ2v) is 6.31. The Morgan fingerprint density at radius 1 is 0.826 bits per heavy atom. The lowest BCUT2D eigenvalue weighted by molar-refractivity contribution is -0.159. The van der Waals surface area contributed by atoms with Gasteiger partial charge in [-0.15, -0.1) is 0 Å². The SMILES string of the molecule is CCCCCCCCCCCC(=O)O[C@H](C)C(C)C(=O)OCC. The summed E-state index contributed by atoms with van der Waals surface area (Å²) in [5, 5.41) is 0. The maximum absolute atomic E-state index is 11.8. The van der Waals surface area contributed by atoms with Crippen molar-refractivity contribution in [3.8, 4) is 0 Å². The molecule has 0 bridgehead atoms. The molecule has 0 aromatic rings. The average molecular weight is 328 g/mol. The number of rotatable bonds is 14. The molecule has 0 heterocycles. The molecule has 4 heteroatoms. The molecule has 4 nitrogen and oxygen atoms in total.